The minimum atomic E-state index is 0.177. The van der Waals surface area contributed by atoms with Crippen LogP contribution in [0, 0.1) is 5.92 Å². The van der Waals surface area contributed by atoms with Gasteiger partial charge >= 0.3 is 0 Å². The lowest BCUT2D eigenvalue weighted by Gasteiger charge is -2.30. The lowest BCUT2D eigenvalue weighted by molar-refractivity contribution is -0.134. The third kappa shape index (κ3) is 4.77. The maximum Gasteiger partial charge on any atom is 0.225 e. The first-order chi connectivity index (χ1) is 9.29. The van der Waals surface area contributed by atoms with Crippen LogP contribution in [0.25, 0.3) is 0 Å². The van der Waals surface area contributed by atoms with Gasteiger partial charge in [-0.25, -0.2) is 0 Å². The zero-order valence-electron chi connectivity index (χ0n) is 12.2. The van der Waals surface area contributed by atoms with Gasteiger partial charge in [-0.1, -0.05) is 6.92 Å². The van der Waals surface area contributed by atoms with Crippen molar-refractivity contribution >= 4 is 5.91 Å². The molecule has 110 valence electrons. The van der Waals surface area contributed by atoms with Crippen LogP contribution in [0.1, 0.15) is 45.4 Å². The monoisotopic (exact) mass is 268 g/mol. The summed E-state index contributed by atoms with van der Waals surface area (Å²) in [4.78, 5) is 14.5. The van der Waals surface area contributed by atoms with Gasteiger partial charge in [-0.15, -0.1) is 0 Å². The number of hydrogen-bond donors (Lipinski definition) is 1. The first-order valence-electron chi connectivity index (χ1n) is 7.89. The molecule has 0 bridgehead atoms. The summed E-state index contributed by atoms with van der Waals surface area (Å²) in [6, 6.07) is 0. The van der Waals surface area contributed by atoms with Crippen molar-refractivity contribution < 1.29 is 9.53 Å². The molecule has 4 heteroatoms. The summed E-state index contributed by atoms with van der Waals surface area (Å²) in [6.45, 7) is 6.99. The Morgan fingerprint density at radius 1 is 1.37 bits per heavy atom. The van der Waals surface area contributed by atoms with Crippen molar-refractivity contribution in [3.8, 4) is 0 Å². The molecule has 2 rings (SSSR count). The average molecular weight is 268 g/mol. The Balaban J connectivity index is 1.80. The molecule has 2 aliphatic rings. The van der Waals surface area contributed by atoms with E-state index in [2.05, 4.69) is 17.1 Å². The largest absolute Gasteiger partial charge is 0.378 e. The third-order valence-electron chi connectivity index (χ3n) is 4.15. The fraction of sp³-hybridized carbons (Fsp3) is 0.933. The van der Waals surface area contributed by atoms with E-state index in [-0.39, 0.29) is 6.10 Å². The number of hydrogen-bond acceptors (Lipinski definition) is 3. The highest BCUT2D eigenvalue weighted by Gasteiger charge is 2.24. The van der Waals surface area contributed by atoms with Gasteiger partial charge in [-0.3, -0.25) is 4.79 Å². The fourth-order valence-corrected chi connectivity index (χ4v) is 3.11. The topological polar surface area (TPSA) is 41.6 Å². The third-order valence-corrected chi connectivity index (χ3v) is 4.15. The second-order valence-electron chi connectivity index (χ2n) is 5.89. The van der Waals surface area contributed by atoms with Crippen LogP contribution in [0.15, 0.2) is 0 Å². The molecule has 2 fully saturated rings. The first kappa shape index (κ1) is 14.8. The van der Waals surface area contributed by atoms with Gasteiger partial charge in [0, 0.05) is 19.7 Å². The molecule has 0 aliphatic carbocycles. The van der Waals surface area contributed by atoms with Crippen molar-refractivity contribution in [2.45, 2.75) is 51.6 Å². The molecule has 4 nitrogen and oxygen atoms in total. The number of carbonyl (C=O) groups excluding carboxylic acids is 1. The molecule has 0 spiro atoms. The lowest BCUT2D eigenvalue weighted by atomic mass is 9.98. The van der Waals surface area contributed by atoms with Crippen molar-refractivity contribution in [3.05, 3.63) is 0 Å². The predicted molar refractivity (Wildman–Crippen MR) is 76.1 cm³/mol. The van der Waals surface area contributed by atoms with E-state index in [9.17, 15) is 4.79 Å². The van der Waals surface area contributed by atoms with Gasteiger partial charge in [0.1, 0.15) is 0 Å². The van der Waals surface area contributed by atoms with Gasteiger partial charge in [0.2, 0.25) is 5.91 Å². The molecular weight excluding hydrogens is 240 g/mol. The van der Waals surface area contributed by atoms with Crippen LogP contribution in [0.5, 0.6) is 0 Å². The average Bonchev–Trinajstić information content (AvgIpc) is 2.92. The molecule has 0 aromatic heterocycles. The molecule has 0 aromatic carbocycles. The fourth-order valence-electron chi connectivity index (χ4n) is 3.11. The van der Waals surface area contributed by atoms with Crippen LogP contribution in [0.3, 0.4) is 0 Å². The molecule has 2 saturated heterocycles. The first-order valence-corrected chi connectivity index (χ1v) is 7.89. The van der Waals surface area contributed by atoms with Crippen molar-refractivity contribution in [2.75, 3.05) is 32.8 Å². The molecule has 0 radical (unpaired) electrons. The van der Waals surface area contributed by atoms with Gasteiger partial charge < -0.3 is 15.0 Å². The SMILES string of the molecule is CCCN(CC1CCCNC1)C(=O)CC1CCCO1. The summed E-state index contributed by atoms with van der Waals surface area (Å²) < 4.78 is 5.58. The van der Waals surface area contributed by atoms with E-state index in [0.717, 1.165) is 52.0 Å². The molecule has 2 heterocycles. The zero-order valence-corrected chi connectivity index (χ0v) is 12.2. The number of piperidine rings is 1. The number of amides is 1. The van der Waals surface area contributed by atoms with Crippen LogP contribution < -0.4 is 5.32 Å². The Kier molecular flexibility index (Phi) is 6.11. The van der Waals surface area contributed by atoms with Gasteiger partial charge in [-0.2, -0.15) is 0 Å². The Labute approximate surface area is 116 Å². The smallest absolute Gasteiger partial charge is 0.225 e. The Bertz CT molecular complexity index is 271. The highest BCUT2D eigenvalue weighted by atomic mass is 16.5. The van der Waals surface area contributed by atoms with E-state index in [1.165, 1.54) is 12.8 Å². The van der Waals surface area contributed by atoms with Crippen LogP contribution in [-0.2, 0) is 9.53 Å². The van der Waals surface area contributed by atoms with Crippen LogP contribution in [-0.4, -0.2) is 49.7 Å². The molecule has 0 aromatic rings. The predicted octanol–water partition coefficient (Wildman–Crippen LogP) is 1.79. The van der Waals surface area contributed by atoms with Gasteiger partial charge in [0.15, 0.2) is 0 Å². The molecule has 1 amide bonds. The standard InChI is InChI=1S/C15H28N2O2/c1-2-8-17(12-13-5-3-7-16-11-13)15(18)10-14-6-4-9-19-14/h13-14,16H,2-12H2,1H3. The van der Waals surface area contributed by atoms with Crippen molar-refractivity contribution in [2.24, 2.45) is 5.92 Å². The lowest BCUT2D eigenvalue weighted by Crippen LogP contribution is -2.42. The molecule has 2 unspecified atom stereocenters. The number of nitrogens with one attached hydrogen (secondary N) is 1. The normalized spacial score (nSPS) is 27.4. The van der Waals surface area contributed by atoms with E-state index in [4.69, 9.17) is 4.74 Å². The summed E-state index contributed by atoms with van der Waals surface area (Å²) in [6.07, 6.45) is 6.45. The van der Waals surface area contributed by atoms with Gasteiger partial charge in [-0.05, 0) is 51.1 Å². The highest BCUT2D eigenvalue weighted by Crippen LogP contribution is 2.18. The Morgan fingerprint density at radius 2 is 2.26 bits per heavy atom. The summed E-state index contributed by atoms with van der Waals surface area (Å²) in [5.74, 6) is 0.924. The summed E-state index contributed by atoms with van der Waals surface area (Å²) in [7, 11) is 0. The van der Waals surface area contributed by atoms with Crippen LogP contribution in [0.2, 0.25) is 0 Å². The molecule has 2 atom stereocenters. The van der Waals surface area contributed by atoms with E-state index in [1.807, 2.05) is 0 Å². The van der Waals surface area contributed by atoms with E-state index < -0.39 is 0 Å². The maximum absolute atomic E-state index is 12.4. The minimum absolute atomic E-state index is 0.177. The van der Waals surface area contributed by atoms with Crippen molar-refractivity contribution in [3.63, 3.8) is 0 Å². The minimum Gasteiger partial charge on any atom is -0.378 e. The highest BCUT2D eigenvalue weighted by molar-refractivity contribution is 5.76. The summed E-state index contributed by atoms with van der Waals surface area (Å²) in [5, 5.41) is 3.43. The number of carbonyl (C=O) groups is 1. The summed E-state index contributed by atoms with van der Waals surface area (Å²) in [5.41, 5.74) is 0. The second kappa shape index (κ2) is 7.85. The molecule has 0 saturated carbocycles. The second-order valence-corrected chi connectivity index (χ2v) is 5.89. The Hall–Kier alpha value is -0.610. The van der Waals surface area contributed by atoms with Crippen LogP contribution >= 0.6 is 0 Å². The number of ether oxygens (including phenoxy) is 1. The van der Waals surface area contributed by atoms with Crippen molar-refractivity contribution in [1.82, 2.24) is 10.2 Å². The quantitative estimate of drug-likeness (QED) is 0.798. The van der Waals surface area contributed by atoms with Gasteiger partial charge in [0.05, 0.1) is 12.5 Å². The van der Waals surface area contributed by atoms with E-state index >= 15 is 0 Å². The zero-order chi connectivity index (χ0) is 13.5. The van der Waals surface area contributed by atoms with Crippen molar-refractivity contribution in [1.29, 1.82) is 0 Å². The number of rotatable bonds is 6. The molecular formula is C15H28N2O2. The van der Waals surface area contributed by atoms with E-state index in [0.29, 0.717) is 18.2 Å². The summed E-state index contributed by atoms with van der Waals surface area (Å²) >= 11 is 0. The molecule has 1 N–H and O–H groups in total. The Morgan fingerprint density at radius 3 is 2.89 bits per heavy atom. The molecule has 19 heavy (non-hydrogen) atoms. The number of nitrogens with zero attached hydrogens (tertiary/aromatic N) is 1. The maximum atomic E-state index is 12.4. The van der Waals surface area contributed by atoms with E-state index in [1.54, 1.807) is 0 Å². The van der Waals surface area contributed by atoms with Crippen LogP contribution in [0.4, 0.5) is 0 Å². The molecule has 2 aliphatic heterocycles. The van der Waals surface area contributed by atoms with Gasteiger partial charge in [0.25, 0.3) is 0 Å².